The summed E-state index contributed by atoms with van der Waals surface area (Å²) in [6, 6.07) is 5.40. The van der Waals surface area contributed by atoms with Crippen LogP contribution in [0.15, 0.2) is 103 Å². The summed E-state index contributed by atoms with van der Waals surface area (Å²) in [5, 5.41) is 133. The Morgan fingerprint density at radius 1 is 0.661 bits per heavy atom. The van der Waals surface area contributed by atoms with Crippen LogP contribution in [0.1, 0.15) is 148 Å². The summed E-state index contributed by atoms with van der Waals surface area (Å²) in [6.45, 7) is 6.39. The maximum Gasteiger partial charge on any atom is 0.257 e. The van der Waals surface area contributed by atoms with Crippen LogP contribution in [0.25, 0.3) is 11.1 Å². The third kappa shape index (κ3) is 19.2. The van der Waals surface area contributed by atoms with E-state index in [9.17, 15) is 60.3 Å². The Bertz CT molecular complexity index is 5060. The quantitative estimate of drug-likeness (QED) is 0.0518. The number of ether oxygens (including phenoxy) is 7. The number of aromatic hydroxyl groups is 3. The van der Waals surface area contributed by atoms with E-state index < -0.39 is 227 Å². The van der Waals surface area contributed by atoms with Gasteiger partial charge < -0.3 is 133 Å². The third-order valence-corrected chi connectivity index (χ3v) is 24.9. The lowest BCUT2D eigenvalue weighted by Crippen LogP contribution is -2.64. The lowest BCUT2D eigenvalue weighted by atomic mass is 9.54. The van der Waals surface area contributed by atoms with Crippen molar-refractivity contribution in [3.63, 3.8) is 0 Å². The number of phenols is 3. The average Bonchev–Trinajstić information content (AvgIpc) is 0.758. The van der Waals surface area contributed by atoms with Crippen molar-refractivity contribution in [2.45, 2.75) is 194 Å². The molecule has 11 aliphatic rings. The summed E-state index contributed by atoms with van der Waals surface area (Å²) in [4.78, 5) is 139. The zero-order chi connectivity index (χ0) is 88.8. The first kappa shape index (κ1) is 89.7. The van der Waals surface area contributed by atoms with Gasteiger partial charge in [-0.05, 0) is 203 Å². The molecule has 4 aliphatic carbocycles. The van der Waals surface area contributed by atoms with Gasteiger partial charge in [-0.15, -0.1) is 0 Å². The Labute approximate surface area is 721 Å². The number of hydrogen-bond donors (Lipinski definition) is 20. The first-order valence-corrected chi connectivity index (χ1v) is 41.8. The molecule has 0 radical (unpaired) electrons. The van der Waals surface area contributed by atoms with Crippen LogP contribution in [-0.4, -0.2) is 218 Å². The van der Waals surface area contributed by atoms with E-state index in [0.29, 0.717) is 24.1 Å². The number of fused-ring (bicyclic) bond motifs is 15. The van der Waals surface area contributed by atoms with Gasteiger partial charge in [0.25, 0.3) is 5.91 Å². The molecule has 15 bridgehead atoms. The average molecular weight is 1760 g/mol. The second-order valence-electron chi connectivity index (χ2n) is 33.7. The predicted molar refractivity (Wildman–Crippen MR) is 440 cm³/mol. The largest absolute Gasteiger partial charge is 0.508 e. The number of aliphatic hydroxyl groups excluding tert-OH is 6. The molecular weight excluding hydrogens is 1660 g/mol. The van der Waals surface area contributed by atoms with Crippen LogP contribution in [0.4, 0.5) is 0 Å². The van der Waals surface area contributed by atoms with E-state index in [1.54, 1.807) is 7.05 Å². The van der Waals surface area contributed by atoms with E-state index in [1.807, 2.05) is 13.8 Å². The fourth-order valence-corrected chi connectivity index (χ4v) is 18.6. The summed E-state index contributed by atoms with van der Waals surface area (Å²) in [5.41, 5.74) is 2.81. The number of nitrogens with two attached hydrogens (primary N) is 1. The predicted octanol–water partition coefficient (Wildman–Crippen LogP) is 3.03. The Morgan fingerprint density at radius 2 is 1.28 bits per heavy atom. The molecule has 38 heteroatoms. The van der Waals surface area contributed by atoms with E-state index in [-0.39, 0.29) is 92.7 Å². The minimum atomic E-state index is -2.42. The van der Waals surface area contributed by atoms with Crippen molar-refractivity contribution < 1.29 is 122 Å². The van der Waals surface area contributed by atoms with Gasteiger partial charge >= 0.3 is 0 Å². The summed E-state index contributed by atoms with van der Waals surface area (Å²) in [5.74, 6) is -14.4. The number of hydrogen-bond acceptors (Lipinski definition) is 28. The van der Waals surface area contributed by atoms with Crippen molar-refractivity contribution >= 4 is 76.4 Å². The Morgan fingerprint density at radius 3 is 1.90 bits per heavy atom. The van der Waals surface area contributed by atoms with Crippen molar-refractivity contribution in [1.82, 2.24) is 53.2 Å². The van der Waals surface area contributed by atoms with Gasteiger partial charge in [0, 0.05) is 47.3 Å². The van der Waals surface area contributed by atoms with Gasteiger partial charge in [-0.3, -0.25) is 48.5 Å². The minimum Gasteiger partial charge on any atom is -0.508 e. The van der Waals surface area contributed by atoms with Crippen LogP contribution in [0.5, 0.6) is 51.7 Å². The SMILES string of the molecule is CNCCOc1ccc(C(=O)NC(=O)C[C@@H]2NC(=O)[C@H](NC(=O)[C@@H](CC(C)C)NC)[C@H](O)c3ccc(c(Cl)c3)Oc3cc4cc(c3O[C@@H]3O[C@H](CO)[C@@H](O)[C@H](O)[C@H]3O[C@H]3C[C@](C)(N)[C@H](O)[C@H](C)O3)Oc3ccc(cc3Cl)[C@@H](O)[C@@H]3NC(=O)[C@H](NC(=O)[C@@H]4NC2=O)c2ccc(O)c(c2)-c2c(O)cc(O)cc2[C@@H](C(=O)NC2C4CC5CC(C4)CC2C5)NC3=O)cc1. The van der Waals surface area contributed by atoms with Crippen LogP contribution in [0, 0.1) is 29.6 Å². The number of aliphatic hydroxyl groups is 6. The molecule has 18 atom stereocenters. The lowest BCUT2D eigenvalue weighted by Gasteiger charge is -2.54. The minimum absolute atomic E-state index is 0.0540. The van der Waals surface area contributed by atoms with Crippen molar-refractivity contribution in [1.29, 1.82) is 0 Å². The highest BCUT2D eigenvalue weighted by atomic mass is 35.5. The summed E-state index contributed by atoms with van der Waals surface area (Å²) >= 11 is 14.5. The second-order valence-corrected chi connectivity index (χ2v) is 34.5. The van der Waals surface area contributed by atoms with Crippen molar-refractivity contribution in [2.24, 2.45) is 35.3 Å². The summed E-state index contributed by atoms with van der Waals surface area (Å²) < 4.78 is 44.8. The number of nitrogens with one attached hydrogen (secondary N) is 10. The Kier molecular flexibility index (Phi) is 27.0. The van der Waals surface area contributed by atoms with E-state index >= 15 is 28.8 Å². The Balaban J connectivity index is 0.963. The topological polar surface area (TPSA) is 547 Å². The van der Waals surface area contributed by atoms with Crippen LogP contribution in [-0.2, 0) is 52.6 Å². The van der Waals surface area contributed by atoms with Crippen molar-refractivity contribution in [2.75, 3.05) is 33.9 Å². The molecule has 6 fully saturated rings. The van der Waals surface area contributed by atoms with Crippen molar-refractivity contribution in [3.8, 4) is 62.9 Å². The maximum absolute atomic E-state index is 16.6. The van der Waals surface area contributed by atoms with E-state index in [4.69, 9.17) is 62.1 Å². The monoisotopic (exact) mass is 1760 g/mol. The fraction of sp³-hybridized carbons (Fsp3) is 0.477. The van der Waals surface area contributed by atoms with E-state index in [0.717, 1.165) is 86.7 Å². The molecule has 0 unspecified atom stereocenters. The molecule has 664 valence electrons. The summed E-state index contributed by atoms with van der Waals surface area (Å²) in [7, 11) is 3.20. The molecule has 124 heavy (non-hydrogen) atoms. The normalized spacial score (nSPS) is 30.5. The molecular formula is C86H101Cl2N11O25. The van der Waals surface area contributed by atoms with Gasteiger partial charge in [0.05, 0.1) is 41.3 Å². The lowest BCUT2D eigenvalue weighted by molar-refractivity contribution is -0.333. The van der Waals surface area contributed by atoms with Gasteiger partial charge in [0.15, 0.2) is 23.9 Å². The molecule has 17 rings (SSSR count). The first-order valence-electron chi connectivity index (χ1n) is 41.0. The molecule has 6 aromatic rings. The first-order chi connectivity index (χ1) is 59.0. The standard InChI is InChI=1S/C86H101Cl2N11O25/c1-35(2)19-52(91-6)78(111)98-68-70(105)41-10-15-56(50(87)26-41)120-58-28-45-29-59(74(58)124-85-75(73(108)72(107)60(34-100)122-85)123-62-33-86(4,89)76(109)36(3)119-62)121-57-16-11-42(27-51(57)88)71(106)69-84(117)97-67(82(115)94-64-43-21-37-20-38(23-43)24-44(64)22-37)49-30-46(101)31-55(103)63(49)48-25-40(9-14-54(48)102)65(80(113)99-69)96-81(114)66(45)95-79(112)53(92-83(68)116)32-61(104)93-77(110)39-7-12-47(13-8-39)118-18-17-90-5/h7-16,25-31,35-38,43-44,52-53,60,62,64-73,75-76,85,90-91,100-103,105-109H,17-24,32-34,89H2,1-6H3,(H,92,116)(H,94,115)(H,95,112)(H,96,114)(H,97,117)(H,98,111)(H,99,113)(H,93,104,110)/t36-,37?,38?,43?,44?,52+,53-,60+,62-,64?,65+,66+,67-,68+,69-,70+,71+,72+,73-,75+,76+,85-,86-/m0/s1. The van der Waals surface area contributed by atoms with Crippen LogP contribution < -0.4 is 77.8 Å². The molecule has 6 aromatic carbocycles. The molecule has 36 nitrogen and oxygen atoms in total. The van der Waals surface area contributed by atoms with Crippen LogP contribution in [0.3, 0.4) is 0 Å². The molecule has 7 aliphatic heterocycles. The molecule has 0 aromatic heterocycles. The number of phenolic OH excluding ortho intramolecular Hbond substituents is 3. The van der Waals surface area contributed by atoms with E-state index in [2.05, 4.69) is 53.2 Å². The summed E-state index contributed by atoms with van der Waals surface area (Å²) in [6.07, 6.45) is -14.6. The molecule has 21 N–H and O–H groups in total. The smallest absolute Gasteiger partial charge is 0.257 e. The van der Waals surface area contributed by atoms with Crippen molar-refractivity contribution in [3.05, 3.63) is 147 Å². The van der Waals surface area contributed by atoms with Gasteiger partial charge in [-0.25, -0.2) is 0 Å². The van der Waals surface area contributed by atoms with Gasteiger partial charge in [0.2, 0.25) is 59.3 Å². The highest BCUT2D eigenvalue weighted by molar-refractivity contribution is 6.32. The second kappa shape index (κ2) is 37.3. The number of carbonyl (C=O) groups is 9. The number of halogens is 2. The third-order valence-electron chi connectivity index (χ3n) is 24.3. The maximum atomic E-state index is 16.6. The van der Waals surface area contributed by atoms with Gasteiger partial charge in [0.1, 0.15) is 108 Å². The molecule has 9 amide bonds. The van der Waals surface area contributed by atoms with Gasteiger partial charge in [-0.1, -0.05) is 55.2 Å². The molecule has 0 spiro atoms. The number of imide groups is 1. The van der Waals surface area contributed by atoms with Crippen LogP contribution in [0.2, 0.25) is 10.0 Å². The number of carbonyl (C=O) groups excluding carboxylic acids is 9. The highest BCUT2D eigenvalue weighted by Gasteiger charge is 2.53. The van der Waals surface area contributed by atoms with Crippen LogP contribution >= 0.6 is 23.2 Å². The number of benzene rings is 6. The zero-order valence-electron chi connectivity index (χ0n) is 68.3. The highest BCUT2D eigenvalue weighted by Crippen LogP contribution is 2.55. The zero-order valence-corrected chi connectivity index (χ0v) is 69.8. The van der Waals surface area contributed by atoms with Gasteiger partial charge in [-0.2, -0.15) is 0 Å². The molecule has 2 saturated heterocycles. The Hall–Kier alpha value is -10.6. The fourth-order valence-electron chi connectivity index (χ4n) is 18.1. The number of rotatable bonds is 19. The van der Waals surface area contributed by atoms with E-state index in [1.165, 1.54) is 69.4 Å². The molecule has 7 heterocycles. The number of likely N-dealkylation sites (N-methyl/N-ethyl adjacent to an activating group) is 2. The molecule has 4 saturated carbocycles. The number of amides is 9.